The second kappa shape index (κ2) is 7.96. The molecule has 0 fully saturated rings. The Kier molecular flexibility index (Phi) is 5.96. The fraction of sp³-hybridized carbons (Fsp3) is 0.188. The van der Waals surface area contributed by atoms with Crippen molar-refractivity contribution < 1.29 is 14.3 Å². The van der Waals surface area contributed by atoms with Gasteiger partial charge in [0.25, 0.3) is 0 Å². The zero-order chi connectivity index (χ0) is 15.1. The van der Waals surface area contributed by atoms with Crippen LogP contribution in [0.25, 0.3) is 0 Å². The summed E-state index contributed by atoms with van der Waals surface area (Å²) in [5.74, 6) is 0.829. The van der Waals surface area contributed by atoms with Gasteiger partial charge in [0.1, 0.15) is 12.4 Å². The number of benzene rings is 2. The fourth-order valence-electron chi connectivity index (χ4n) is 1.60. The standard InChI is InChI=1S/C16H15ClO3S/c1-19-14-6-8-15(9-7-14)21-11-16(18)20-10-12-2-4-13(17)5-3-12/h2-9H,10-11H2,1H3. The Morgan fingerprint density at radius 1 is 1.10 bits per heavy atom. The van der Waals surface area contributed by atoms with Crippen LogP contribution in [0, 0.1) is 0 Å². The summed E-state index contributed by atoms with van der Waals surface area (Å²) in [5.41, 5.74) is 0.919. The number of ether oxygens (including phenoxy) is 2. The van der Waals surface area contributed by atoms with Gasteiger partial charge in [0.05, 0.1) is 12.9 Å². The van der Waals surface area contributed by atoms with E-state index in [9.17, 15) is 4.79 Å². The average Bonchev–Trinajstić information content (AvgIpc) is 2.53. The molecular weight excluding hydrogens is 308 g/mol. The average molecular weight is 323 g/mol. The first kappa shape index (κ1) is 15.7. The normalized spacial score (nSPS) is 10.2. The van der Waals surface area contributed by atoms with Crippen LogP contribution in [0.15, 0.2) is 53.4 Å². The summed E-state index contributed by atoms with van der Waals surface area (Å²) in [7, 11) is 1.62. The van der Waals surface area contributed by atoms with E-state index in [0.29, 0.717) is 5.02 Å². The molecule has 0 unspecified atom stereocenters. The van der Waals surface area contributed by atoms with Crippen molar-refractivity contribution in [3.8, 4) is 5.75 Å². The van der Waals surface area contributed by atoms with E-state index in [1.54, 1.807) is 19.2 Å². The molecule has 2 aromatic rings. The van der Waals surface area contributed by atoms with E-state index in [-0.39, 0.29) is 18.3 Å². The highest BCUT2D eigenvalue weighted by Crippen LogP contribution is 2.21. The molecule has 0 aromatic heterocycles. The number of carbonyl (C=O) groups is 1. The lowest BCUT2D eigenvalue weighted by Gasteiger charge is -2.06. The molecule has 0 amide bonds. The maximum atomic E-state index is 11.7. The van der Waals surface area contributed by atoms with Crippen molar-refractivity contribution in [3.05, 3.63) is 59.1 Å². The van der Waals surface area contributed by atoms with Crippen LogP contribution < -0.4 is 4.74 Å². The Morgan fingerprint density at radius 2 is 1.76 bits per heavy atom. The summed E-state index contributed by atoms with van der Waals surface area (Å²) in [6, 6.07) is 14.8. The highest BCUT2D eigenvalue weighted by Gasteiger charge is 2.05. The minimum Gasteiger partial charge on any atom is -0.497 e. The number of esters is 1. The Morgan fingerprint density at radius 3 is 2.38 bits per heavy atom. The van der Waals surface area contributed by atoms with Crippen LogP contribution in [0.1, 0.15) is 5.56 Å². The molecule has 110 valence electrons. The van der Waals surface area contributed by atoms with Gasteiger partial charge in [-0.15, -0.1) is 11.8 Å². The van der Waals surface area contributed by atoms with Crippen LogP contribution in [0.5, 0.6) is 5.75 Å². The molecule has 2 rings (SSSR count). The van der Waals surface area contributed by atoms with Crippen molar-refractivity contribution in [3.63, 3.8) is 0 Å². The Hall–Kier alpha value is -1.65. The molecule has 0 bridgehead atoms. The van der Waals surface area contributed by atoms with Crippen LogP contribution in [0.2, 0.25) is 5.02 Å². The van der Waals surface area contributed by atoms with Gasteiger partial charge in [-0.25, -0.2) is 0 Å². The van der Waals surface area contributed by atoms with Crippen molar-refractivity contribution >= 4 is 29.3 Å². The molecule has 3 nitrogen and oxygen atoms in total. The number of methoxy groups -OCH3 is 1. The van der Waals surface area contributed by atoms with Gasteiger partial charge < -0.3 is 9.47 Å². The van der Waals surface area contributed by atoms with E-state index in [1.165, 1.54) is 11.8 Å². The minimum absolute atomic E-state index is 0.245. The first-order valence-electron chi connectivity index (χ1n) is 6.34. The van der Waals surface area contributed by atoms with Gasteiger partial charge in [-0.2, -0.15) is 0 Å². The Labute approximate surface area is 133 Å². The van der Waals surface area contributed by atoms with E-state index in [4.69, 9.17) is 21.1 Å². The molecule has 0 saturated heterocycles. The minimum atomic E-state index is -0.245. The highest BCUT2D eigenvalue weighted by atomic mass is 35.5. The molecule has 2 aromatic carbocycles. The molecular formula is C16H15ClO3S. The quantitative estimate of drug-likeness (QED) is 0.590. The van der Waals surface area contributed by atoms with Crippen LogP contribution >= 0.6 is 23.4 Å². The lowest BCUT2D eigenvalue weighted by atomic mass is 10.2. The van der Waals surface area contributed by atoms with E-state index in [2.05, 4.69) is 0 Å². The summed E-state index contributed by atoms with van der Waals surface area (Å²) < 4.78 is 10.3. The first-order chi connectivity index (χ1) is 10.2. The van der Waals surface area contributed by atoms with Gasteiger partial charge in [-0.1, -0.05) is 23.7 Å². The van der Waals surface area contributed by atoms with Gasteiger partial charge in [-0.05, 0) is 42.0 Å². The smallest absolute Gasteiger partial charge is 0.316 e. The number of rotatable bonds is 6. The second-order valence-electron chi connectivity index (χ2n) is 4.25. The van der Waals surface area contributed by atoms with Crippen molar-refractivity contribution in [2.45, 2.75) is 11.5 Å². The van der Waals surface area contributed by atoms with Crippen molar-refractivity contribution in [1.29, 1.82) is 0 Å². The van der Waals surface area contributed by atoms with E-state index >= 15 is 0 Å². The van der Waals surface area contributed by atoms with Crippen molar-refractivity contribution in [1.82, 2.24) is 0 Å². The van der Waals surface area contributed by atoms with Crippen molar-refractivity contribution in [2.24, 2.45) is 0 Å². The van der Waals surface area contributed by atoms with Gasteiger partial charge in [0.2, 0.25) is 0 Å². The molecule has 0 aliphatic heterocycles. The molecule has 0 N–H and O–H groups in total. The van der Waals surface area contributed by atoms with Gasteiger partial charge in [0.15, 0.2) is 0 Å². The molecule has 0 aliphatic carbocycles. The van der Waals surface area contributed by atoms with E-state index in [0.717, 1.165) is 16.2 Å². The first-order valence-corrected chi connectivity index (χ1v) is 7.70. The third-order valence-corrected chi connectivity index (χ3v) is 3.97. The number of carbonyl (C=O) groups excluding carboxylic acids is 1. The Bertz CT molecular complexity index is 581. The maximum Gasteiger partial charge on any atom is 0.316 e. The van der Waals surface area contributed by atoms with Gasteiger partial charge in [-0.3, -0.25) is 4.79 Å². The number of hydrogen-bond acceptors (Lipinski definition) is 4. The predicted octanol–water partition coefficient (Wildman–Crippen LogP) is 4.18. The van der Waals surface area contributed by atoms with Crippen LogP contribution in [0.3, 0.4) is 0 Å². The van der Waals surface area contributed by atoms with Crippen LogP contribution in [-0.4, -0.2) is 18.8 Å². The number of halogens is 1. The zero-order valence-electron chi connectivity index (χ0n) is 11.5. The third-order valence-electron chi connectivity index (χ3n) is 2.73. The molecule has 5 heteroatoms. The number of thioether (sulfide) groups is 1. The molecule has 21 heavy (non-hydrogen) atoms. The lowest BCUT2D eigenvalue weighted by molar-refractivity contribution is -0.141. The molecule has 0 heterocycles. The molecule has 0 atom stereocenters. The van der Waals surface area contributed by atoms with Crippen molar-refractivity contribution in [2.75, 3.05) is 12.9 Å². The molecule has 0 saturated carbocycles. The van der Waals surface area contributed by atoms with Crippen LogP contribution in [0.4, 0.5) is 0 Å². The zero-order valence-corrected chi connectivity index (χ0v) is 13.1. The van der Waals surface area contributed by atoms with E-state index < -0.39 is 0 Å². The monoisotopic (exact) mass is 322 g/mol. The SMILES string of the molecule is COc1ccc(SCC(=O)OCc2ccc(Cl)cc2)cc1. The van der Waals surface area contributed by atoms with Gasteiger partial charge >= 0.3 is 5.97 Å². The largest absolute Gasteiger partial charge is 0.497 e. The summed E-state index contributed by atoms with van der Waals surface area (Å²) in [4.78, 5) is 12.7. The topological polar surface area (TPSA) is 35.5 Å². The summed E-state index contributed by atoms with van der Waals surface area (Å²) >= 11 is 7.23. The second-order valence-corrected chi connectivity index (χ2v) is 5.74. The number of hydrogen-bond donors (Lipinski definition) is 0. The molecule has 0 radical (unpaired) electrons. The Balaban J connectivity index is 1.75. The highest BCUT2D eigenvalue weighted by molar-refractivity contribution is 8.00. The van der Waals surface area contributed by atoms with E-state index in [1.807, 2.05) is 36.4 Å². The lowest BCUT2D eigenvalue weighted by Crippen LogP contribution is -2.07. The molecule has 0 aliphatic rings. The maximum absolute atomic E-state index is 11.7. The summed E-state index contributed by atoms with van der Waals surface area (Å²) in [6.45, 7) is 0.263. The van der Waals surface area contributed by atoms with Gasteiger partial charge in [0, 0.05) is 9.92 Å². The summed E-state index contributed by atoms with van der Waals surface area (Å²) in [6.07, 6.45) is 0. The fourth-order valence-corrected chi connectivity index (χ4v) is 2.42. The predicted molar refractivity (Wildman–Crippen MR) is 85.0 cm³/mol. The van der Waals surface area contributed by atoms with Crippen LogP contribution in [-0.2, 0) is 16.1 Å². The summed E-state index contributed by atoms with van der Waals surface area (Å²) in [5, 5.41) is 0.667. The third kappa shape index (κ3) is 5.33. The molecule has 0 spiro atoms.